The third-order valence-corrected chi connectivity index (χ3v) is 4.52. The van der Waals surface area contributed by atoms with Crippen molar-refractivity contribution in [3.8, 4) is 0 Å². The Morgan fingerprint density at radius 2 is 1.87 bits per heavy atom. The maximum absolute atomic E-state index is 11.3. The second-order valence-electron chi connectivity index (χ2n) is 3.93. The van der Waals surface area contributed by atoms with Gasteiger partial charge in [0.25, 0.3) is 0 Å². The lowest BCUT2D eigenvalue weighted by molar-refractivity contribution is -0.149. The van der Waals surface area contributed by atoms with E-state index in [1.807, 2.05) is 0 Å². The van der Waals surface area contributed by atoms with Gasteiger partial charge in [-0.2, -0.15) is 0 Å². The van der Waals surface area contributed by atoms with Crippen molar-refractivity contribution in [1.29, 1.82) is 0 Å². The largest absolute Gasteiger partial charge is 0.450 e. The molecule has 0 bridgehead atoms. The van der Waals surface area contributed by atoms with Gasteiger partial charge in [-0.1, -0.05) is 0 Å². The molecule has 0 atom stereocenters. The van der Waals surface area contributed by atoms with E-state index in [4.69, 9.17) is 10.5 Å². The van der Waals surface area contributed by atoms with Gasteiger partial charge in [-0.15, -0.1) is 0 Å². The lowest BCUT2D eigenvalue weighted by atomic mass is 9.89. The van der Waals surface area contributed by atoms with E-state index < -0.39 is 9.84 Å². The van der Waals surface area contributed by atoms with E-state index in [-0.39, 0.29) is 23.9 Å². The first-order chi connectivity index (χ1) is 6.95. The summed E-state index contributed by atoms with van der Waals surface area (Å²) >= 11 is 0. The summed E-state index contributed by atoms with van der Waals surface area (Å²) in [6.07, 6.45) is 3.50. The molecule has 0 aliphatic heterocycles. The van der Waals surface area contributed by atoms with Crippen molar-refractivity contribution in [2.75, 3.05) is 13.0 Å². The Hall–Kier alpha value is -0.620. The second kappa shape index (κ2) is 4.94. The van der Waals surface area contributed by atoms with Crippen LogP contribution in [0.2, 0.25) is 0 Å². The highest BCUT2D eigenvalue weighted by atomic mass is 32.2. The van der Waals surface area contributed by atoms with Gasteiger partial charge in [-0.3, -0.25) is 10.5 Å². The molecule has 6 heteroatoms. The van der Waals surface area contributed by atoms with E-state index in [0.29, 0.717) is 25.7 Å². The molecule has 0 aromatic rings. The fourth-order valence-corrected chi connectivity index (χ4v) is 3.06. The van der Waals surface area contributed by atoms with Crippen molar-refractivity contribution < 1.29 is 17.9 Å². The van der Waals surface area contributed by atoms with Crippen LogP contribution >= 0.6 is 0 Å². The molecule has 1 aliphatic carbocycles. The van der Waals surface area contributed by atoms with Gasteiger partial charge in [-0.05, 0) is 25.7 Å². The summed E-state index contributed by atoms with van der Waals surface area (Å²) < 4.78 is 27.2. The SMILES string of the molecule is CS(=O)(=O)C1CCC(C(=O)OCN)CC1. The van der Waals surface area contributed by atoms with Gasteiger partial charge in [-0.25, -0.2) is 8.42 Å². The minimum absolute atomic E-state index is 0.106. The Morgan fingerprint density at radius 1 is 1.33 bits per heavy atom. The molecule has 1 fully saturated rings. The quantitative estimate of drug-likeness (QED) is 0.551. The third kappa shape index (κ3) is 3.46. The highest BCUT2D eigenvalue weighted by molar-refractivity contribution is 7.91. The average molecular weight is 235 g/mol. The van der Waals surface area contributed by atoms with Gasteiger partial charge in [0, 0.05) is 6.26 Å². The number of esters is 1. The van der Waals surface area contributed by atoms with Crippen LogP contribution in [0.4, 0.5) is 0 Å². The van der Waals surface area contributed by atoms with E-state index in [1.165, 1.54) is 6.26 Å². The van der Waals surface area contributed by atoms with E-state index in [2.05, 4.69) is 0 Å². The van der Waals surface area contributed by atoms with Crippen LogP contribution in [0.3, 0.4) is 0 Å². The highest BCUT2D eigenvalue weighted by Gasteiger charge is 2.31. The summed E-state index contributed by atoms with van der Waals surface area (Å²) in [7, 11) is -2.96. The third-order valence-electron chi connectivity index (χ3n) is 2.84. The Morgan fingerprint density at radius 3 is 2.27 bits per heavy atom. The van der Waals surface area contributed by atoms with Crippen molar-refractivity contribution >= 4 is 15.8 Å². The number of carbonyl (C=O) groups excluding carboxylic acids is 1. The fourth-order valence-electron chi connectivity index (χ4n) is 1.93. The molecular weight excluding hydrogens is 218 g/mol. The molecule has 0 amide bonds. The van der Waals surface area contributed by atoms with Crippen LogP contribution in [0, 0.1) is 5.92 Å². The summed E-state index contributed by atoms with van der Waals surface area (Å²) in [6.45, 7) is -0.106. The van der Waals surface area contributed by atoms with Gasteiger partial charge in [0.2, 0.25) is 0 Å². The Balaban J connectivity index is 2.46. The molecule has 5 nitrogen and oxygen atoms in total. The van der Waals surface area contributed by atoms with E-state index >= 15 is 0 Å². The van der Waals surface area contributed by atoms with Crippen LogP contribution in [0.5, 0.6) is 0 Å². The average Bonchev–Trinajstić information content (AvgIpc) is 2.17. The van der Waals surface area contributed by atoms with Crippen molar-refractivity contribution in [3.63, 3.8) is 0 Å². The molecule has 0 saturated heterocycles. The first kappa shape index (κ1) is 12.4. The Labute approximate surface area is 89.9 Å². The van der Waals surface area contributed by atoms with Crippen molar-refractivity contribution in [2.24, 2.45) is 11.7 Å². The zero-order chi connectivity index (χ0) is 11.5. The number of hydrogen-bond donors (Lipinski definition) is 1. The van der Waals surface area contributed by atoms with Gasteiger partial charge >= 0.3 is 5.97 Å². The molecule has 0 spiro atoms. The molecule has 88 valence electrons. The molecular formula is C9H17NO4S. The second-order valence-corrected chi connectivity index (χ2v) is 6.26. The summed E-state index contributed by atoms with van der Waals surface area (Å²) in [5.74, 6) is -0.476. The van der Waals surface area contributed by atoms with Crippen LogP contribution in [0.25, 0.3) is 0 Å². The summed E-state index contributed by atoms with van der Waals surface area (Å²) in [5, 5.41) is -0.292. The summed E-state index contributed by atoms with van der Waals surface area (Å²) in [5.41, 5.74) is 5.09. The maximum Gasteiger partial charge on any atom is 0.310 e. The number of hydrogen-bond acceptors (Lipinski definition) is 5. The highest BCUT2D eigenvalue weighted by Crippen LogP contribution is 2.28. The zero-order valence-electron chi connectivity index (χ0n) is 8.81. The normalized spacial score (nSPS) is 27.3. The first-order valence-corrected chi connectivity index (χ1v) is 6.96. The van der Waals surface area contributed by atoms with Crippen LogP contribution in [0.15, 0.2) is 0 Å². The lowest BCUT2D eigenvalue weighted by Gasteiger charge is -2.25. The molecule has 0 radical (unpaired) electrons. The summed E-state index contributed by atoms with van der Waals surface area (Å²) in [6, 6.07) is 0. The first-order valence-electron chi connectivity index (χ1n) is 5.00. The number of ether oxygens (including phenoxy) is 1. The number of rotatable bonds is 3. The van der Waals surface area contributed by atoms with Crippen LogP contribution in [0.1, 0.15) is 25.7 Å². The van der Waals surface area contributed by atoms with Crippen molar-refractivity contribution in [1.82, 2.24) is 0 Å². The Kier molecular flexibility index (Phi) is 4.10. The zero-order valence-corrected chi connectivity index (χ0v) is 9.63. The van der Waals surface area contributed by atoms with Crippen molar-refractivity contribution in [2.45, 2.75) is 30.9 Å². The molecule has 1 saturated carbocycles. The minimum Gasteiger partial charge on any atom is -0.450 e. The molecule has 1 aliphatic rings. The molecule has 0 heterocycles. The minimum atomic E-state index is -2.96. The standard InChI is InChI=1S/C9H17NO4S/c1-15(12,13)8-4-2-7(3-5-8)9(11)14-6-10/h7-8H,2-6,10H2,1H3. The van der Waals surface area contributed by atoms with Gasteiger partial charge in [0.05, 0.1) is 11.2 Å². The fraction of sp³-hybridized carbons (Fsp3) is 0.889. The van der Waals surface area contributed by atoms with Gasteiger partial charge < -0.3 is 4.74 Å². The molecule has 0 aromatic heterocycles. The monoisotopic (exact) mass is 235 g/mol. The smallest absolute Gasteiger partial charge is 0.310 e. The van der Waals surface area contributed by atoms with E-state index in [0.717, 1.165) is 0 Å². The molecule has 0 unspecified atom stereocenters. The van der Waals surface area contributed by atoms with E-state index in [9.17, 15) is 13.2 Å². The Bertz CT molecular complexity index is 317. The van der Waals surface area contributed by atoms with Crippen LogP contribution < -0.4 is 5.73 Å². The number of sulfone groups is 1. The van der Waals surface area contributed by atoms with Gasteiger partial charge in [0.15, 0.2) is 0 Å². The molecule has 2 N–H and O–H groups in total. The predicted octanol–water partition coefficient (Wildman–Crippen LogP) is 0.0492. The van der Waals surface area contributed by atoms with Crippen LogP contribution in [-0.4, -0.2) is 32.6 Å². The number of carbonyl (C=O) groups is 1. The molecule has 15 heavy (non-hydrogen) atoms. The van der Waals surface area contributed by atoms with Crippen LogP contribution in [-0.2, 0) is 19.4 Å². The van der Waals surface area contributed by atoms with Crippen molar-refractivity contribution in [3.05, 3.63) is 0 Å². The maximum atomic E-state index is 11.3. The lowest BCUT2D eigenvalue weighted by Crippen LogP contribution is -2.31. The topological polar surface area (TPSA) is 86.5 Å². The molecule has 0 aromatic carbocycles. The number of nitrogens with two attached hydrogens (primary N) is 1. The summed E-state index contributed by atoms with van der Waals surface area (Å²) in [4.78, 5) is 11.3. The van der Waals surface area contributed by atoms with E-state index in [1.54, 1.807) is 0 Å². The predicted molar refractivity (Wildman–Crippen MR) is 55.7 cm³/mol. The molecule has 1 rings (SSSR count). The van der Waals surface area contributed by atoms with Gasteiger partial charge in [0.1, 0.15) is 16.6 Å².